The van der Waals surface area contributed by atoms with Crippen LogP contribution in [0.25, 0.3) is 0 Å². The number of piperidine rings is 1. The van der Waals surface area contributed by atoms with Gasteiger partial charge in [-0.2, -0.15) is 0 Å². The van der Waals surface area contributed by atoms with Crippen molar-refractivity contribution >= 4 is 11.7 Å². The second-order valence-corrected chi connectivity index (χ2v) is 7.71. The first kappa shape index (κ1) is 16.8. The van der Waals surface area contributed by atoms with Crippen molar-refractivity contribution in [1.82, 2.24) is 9.88 Å². The van der Waals surface area contributed by atoms with Crippen LogP contribution in [0.2, 0.25) is 0 Å². The number of nitrogens with zero attached hydrogens (tertiary/aromatic N) is 3. The Hall–Kier alpha value is -1.62. The van der Waals surface area contributed by atoms with E-state index in [4.69, 9.17) is 4.74 Å². The van der Waals surface area contributed by atoms with Gasteiger partial charge in [0.15, 0.2) is 0 Å². The lowest BCUT2D eigenvalue weighted by Crippen LogP contribution is -2.44. The molecule has 1 aromatic rings. The van der Waals surface area contributed by atoms with Gasteiger partial charge in [-0.3, -0.25) is 4.79 Å². The first-order valence-electron chi connectivity index (χ1n) is 9.84. The lowest BCUT2D eigenvalue weighted by Gasteiger charge is -2.36. The van der Waals surface area contributed by atoms with Crippen LogP contribution >= 0.6 is 0 Å². The number of hydrogen-bond acceptors (Lipinski definition) is 4. The zero-order chi connectivity index (χ0) is 17.2. The highest BCUT2D eigenvalue weighted by atomic mass is 16.5. The molecule has 3 aliphatic heterocycles. The van der Waals surface area contributed by atoms with Crippen molar-refractivity contribution in [3.8, 4) is 0 Å². The van der Waals surface area contributed by atoms with Crippen molar-refractivity contribution < 1.29 is 9.53 Å². The largest absolute Gasteiger partial charge is 0.374 e. The van der Waals surface area contributed by atoms with Gasteiger partial charge >= 0.3 is 0 Å². The molecule has 2 bridgehead atoms. The third kappa shape index (κ3) is 3.52. The molecular formula is C20H29N3O2. The lowest BCUT2D eigenvalue weighted by atomic mass is 9.87. The maximum atomic E-state index is 13.0. The van der Waals surface area contributed by atoms with Crippen LogP contribution < -0.4 is 4.90 Å². The van der Waals surface area contributed by atoms with Crippen LogP contribution in [0.15, 0.2) is 24.4 Å². The van der Waals surface area contributed by atoms with E-state index >= 15 is 0 Å². The van der Waals surface area contributed by atoms with Crippen molar-refractivity contribution in [2.75, 3.05) is 31.1 Å². The van der Waals surface area contributed by atoms with Crippen LogP contribution in [0.1, 0.15) is 39.0 Å². The first-order valence-corrected chi connectivity index (χ1v) is 9.84. The van der Waals surface area contributed by atoms with Gasteiger partial charge in [-0.15, -0.1) is 0 Å². The number of anilines is 1. The molecule has 4 heterocycles. The molecule has 0 aromatic carbocycles. The van der Waals surface area contributed by atoms with Crippen molar-refractivity contribution in [3.63, 3.8) is 0 Å². The van der Waals surface area contributed by atoms with Gasteiger partial charge in [0.25, 0.3) is 0 Å². The van der Waals surface area contributed by atoms with Crippen LogP contribution in [-0.2, 0) is 9.53 Å². The molecule has 5 heteroatoms. The van der Waals surface area contributed by atoms with Gasteiger partial charge in [0.2, 0.25) is 5.91 Å². The summed E-state index contributed by atoms with van der Waals surface area (Å²) in [6.45, 7) is 5.89. The van der Waals surface area contributed by atoms with Gasteiger partial charge in [0.1, 0.15) is 5.82 Å². The second-order valence-electron chi connectivity index (χ2n) is 7.71. The van der Waals surface area contributed by atoms with E-state index in [0.29, 0.717) is 17.9 Å². The summed E-state index contributed by atoms with van der Waals surface area (Å²) in [5, 5.41) is 0. The van der Waals surface area contributed by atoms with E-state index in [9.17, 15) is 4.79 Å². The smallest absolute Gasteiger partial charge is 0.228 e. The minimum Gasteiger partial charge on any atom is -0.374 e. The van der Waals surface area contributed by atoms with E-state index < -0.39 is 0 Å². The molecule has 3 atom stereocenters. The van der Waals surface area contributed by atoms with Crippen LogP contribution in [0.4, 0.5) is 5.82 Å². The summed E-state index contributed by atoms with van der Waals surface area (Å²) in [5.74, 6) is 2.13. The second kappa shape index (κ2) is 7.32. The number of aromatic nitrogens is 1. The number of ether oxygens (including phenoxy) is 1. The van der Waals surface area contributed by atoms with Gasteiger partial charge in [-0.05, 0) is 57.1 Å². The molecule has 3 saturated heterocycles. The third-order valence-electron chi connectivity index (χ3n) is 6.18. The molecule has 4 rings (SSSR count). The Bertz CT molecular complexity index is 586. The molecule has 3 aliphatic rings. The fraction of sp³-hybridized carbons (Fsp3) is 0.700. The summed E-state index contributed by atoms with van der Waals surface area (Å²) in [7, 11) is 0. The number of rotatable bonds is 5. The zero-order valence-electron chi connectivity index (χ0n) is 15.1. The predicted octanol–water partition coefficient (Wildman–Crippen LogP) is 2.71. The number of fused-ring (bicyclic) bond motifs is 2. The Labute approximate surface area is 150 Å². The Morgan fingerprint density at radius 1 is 1.28 bits per heavy atom. The molecular weight excluding hydrogens is 314 g/mol. The summed E-state index contributed by atoms with van der Waals surface area (Å²) >= 11 is 0. The van der Waals surface area contributed by atoms with E-state index in [-0.39, 0.29) is 12.0 Å². The molecule has 1 amide bonds. The molecule has 3 unspecified atom stereocenters. The summed E-state index contributed by atoms with van der Waals surface area (Å²) in [6.07, 6.45) is 7.82. The van der Waals surface area contributed by atoms with Gasteiger partial charge in [0.05, 0.1) is 18.1 Å². The van der Waals surface area contributed by atoms with E-state index in [1.54, 1.807) is 0 Å². The van der Waals surface area contributed by atoms with Crippen molar-refractivity contribution in [2.24, 2.45) is 11.8 Å². The number of carbonyl (C=O) groups excluding carboxylic acids is 1. The molecule has 0 aliphatic carbocycles. The Kier molecular flexibility index (Phi) is 4.93. The maximum absolute atomic E-state index is 13.0. The fourth-order valence-corrected chi connectivity index (χ4v) is 4.70. The van der Waals surface area contributed by atoms with Crippen LogP contribution in [0.5, 0.6) is 0 Å². The van der Waals surface area contributed by atoms with Crippen LogP contribution in [0.3, 0.4) is 0 Å². The van der Waals surface area contributed by atoms with Gasteiger partial charge in [-0.25, -0.2) is 4.98 Å². The van der Waals surface area contributed by atoms with E-state index in [2.05, 4.69) is 27.8 Å². The van der Waals surface area contributed by atoms with E-state index in [1.807, 2.05) is 18.3 Å². The average molecular weight is 343 g/mol. The van der Waals surface area contributed by atoms with E-state index in [1.165, 1.54) is 0 Å². The highest BCUT2D eigenvalue weighted by Gasteiger charge is 2.45. The Morgan fingerprint density at radius 3 is 2.72 bits per heavy atom. The standard InChI is InChI=1S/C20H29N3O2/c1-2-22(20(24)17-13-16-6-7-18(17)25-16)14-15-8-11-23(12-9-15)19-5-3-4-10-21-19/h3-5,10,15-18H,2,6-9,11-14H2,1H3. The van der Waals surface area contributed by atoms with Gasteiger partial charge in [0, 0.05) is 32.4 Å². The third-order valence-corrected chi connectivity index (χ3v) is 6.18. The Balaban J connectivity index is 1.30. The van der Waals surface area contributed by atoms with Crippen molar-refractivity contribution in [3.05, 3.63) is 24.4 Å². The molecule has 0 saturated carbocycles. The lowest BCUT2D eigenvalue weighted by molar-refractivity contribution is -0.137. The maximum Gasteiger partial charge on any atom is 0.228 e. The summed E-state index contributed by atoms with van der Waals surface area (Å²) in [6, 6.07) is 6.08. The summed E-state index contributed by atoms with van der Waals surface area (Å²) in [4.78, 5) is 21.9. The van der Waals surface area contributed by atoms with Gasteiger partial charge < -0.3 is 14.5 Å². The number of amides is 1. The topological polar surface area (TPSA) is 45.7 Å². The summed E-state index contributed by atoms with van der Waals surface area (Å²) in [5.41, 5.74) is 0. The number of pyridine rings is 1. The first-order chi connectivity index (χ1) is 12.2. The summed E-state index contributed by atoms with van der Waals surface area (Å²) < 4.78 is 5.89. The molecule has 0 N–H and O–H groups in total. The minimum atomic E-state index is 0.118. The number of hydrogen-bond donors (Lipinski definition) is 0. The zero-order valence-corrected chi connectivity index (χ0v) is 15.1. The van der Waals surface area contributed by atoms with E-state index in [0.717, 1.165) is 64.1 Å². The molecule has 3 fully saturated rings. The van der Waals surface area contributed by atoms with Crippen LogP contribution in [-0.4, -0.2) is 54.2 Å². The highest BCUT2D eigenvalue weighted by Crippen LogP contribution is 2.39. The number of carbonyl (C=O) groups is 1. The average Bonchev–Trinajstić information content (AvgIpc) is 3.30. The molecule has 1 aromatic heterocycles. The highest BCUT2D eigenvalue weighted by molar-refractivity contribution is 5.80. The minimum absolute atomic E-state index is 0.118. The molecule has 136 valence electrons. The van der Waals surface area contributed by atoms with Crippen molar-refractivity contribution in [2.45, 2.75) is 51.2 Å². The SMILES string of the molecule is CCN(CC1CCN(c2ccccn2)CC1)C(=O)C1CC2CCC1O2. The van der Waals surface area contributed by atoms with Crippen molar-refractivity contribution in [1.29, 1.82) is 0 Å². The normalized spacial score (nSPS) is 29.2. The molecule has 0 radical (unpaired) electrons. The molecule has 5 nitrogen and oxygen atoms in total. The molecule has 25 heavy (non-hydrogen) atoms. The monoisotopic (exact) mass is 343 g/mol. The molecule has 0 spiro atoms. The predicted molar refractivity (Wildman–Crippen MR) is 97.4 cm³/mol. The van der Waals surface area contributed by atoms with Crippen LogP contribution in [0, 0.1) is 11.8 Å². The Morgan fingerprint density at radius 2 is 2.12 bits per heavy atom. The fourth-order valence-electron chi connectivity index (χ4n) is 4.70. The van der Waals surface area contributed by atoms with Gasteiger partial charge in [-0.1, -0.05) is 6.07 Å². The quantitative estimate of drug-likeness (QED) is 0.825.